The summed E-state index contributed by atoms with van der Waals surface area (Å²) in [4.78, 5) is 4.93. The van der Waals surface area contributed by atoms with Gasteiger partial charge in [0, 0.05) is 0 Å². The molecular formula is C19H32N2S2. The molecule has 1 aromatic heterocycles. The molecule has 1 aromatic carbocycles. The molecule has 0 bridgehead atoms. The van der Waals surface area contributed by atoms with Gasteiger partial charge in [-0.05, 0) is 37.3 Å². The number of para-hydroxylation sites is 1. The highest BCUT2D eigenvalue weighted by atomic mass is 32.1. The summed E-state index contributed by atoms with van der Waals surface area (Å²) in [6.45, 7) is 4.54. The summed E-state index contributed by atoms with van der Waals surface area (Å²) in [5.41, 5.74) is 2.74. The summed E-state index contributed by atoms with van der Waals surface area (Å²) >= 11 is 4.93. The van der Waals surface area contributed by atoms with Gasteiger partial charge in [0.2, 0.25) is 0 Å². The molecule has 0 aliphatic carbocycles. The van der Waals surface area contributed by atoms with Crippen LogP contribution in [0, 0.1) is 0 Å². The van der Waals surface area contributed by atoms with Gasteiger partial charge in [-0.1, -0.05) is 64.5 Å². The number of thiol groups is 1. The van der Waals surface area contributed by atoms with E-state index in [1.807, 2.05) is 11.3 Å². The molecule has 0 atom stereocenters. The SMILES string of the molecule is CCCCCCc1nc2c(CCCCCC)cccc2s1.NS. The van der Waals surface area contributed by atoms with Crippen LogP contribution in [0.1, 0.15) is 75.8 Å². The molecule has 0 aliphatic heterocycles. The largest absolute Gasteiger partial charge is 0.281 e. The number of thiazole rings is 1. The molecule has 4 heteroatoms. The molecule has 0 saturated heterocycles. The summed E-state index contributed by atoms with van der Waals surface area (Å²) in [5.74, 6) is 0. The number of aryl methyl sites for hydroxylation is 2. The first-order valence-electron chi connectivity index (χ1n) is 8.98. The molecule has 130 valence electrons. The minimum Gasteiger partial charge on any atom is -0.281 e. The quantitative estimate of drug-likeness (QED) is 0.387. The lowest BCUT2D eigenvalue weighted by molar-refractivity contribution is 0.664. The van der Waals surface area contributed by atoms with E-state index in [-0.39, 0.29) is 0 Å². The van der Waals surface area contributed by atoms with Gasteiger partial charge in [0.25, 0.3) is 0 Å². The van der Waals surface area contributed by atoms with E-state index >= 15 is 0 Å². The molecular weight excluding hydrogens is 320 g/mol. The predicted octanol–water partition coefficient (Wildman–Crippen LogP) is 6.33. The van der Waals surface area contributed by atoms with Crippen molar-refractivity contribution in [2.24, 2.45) is 5.14 Å². The second-order valence-electron chi connectivity index (χ2n) is 5.99. The first kappa shape index (κ1) is 20.5. The Bertz CT molecular complexity index is 537. The third-order valence-corrected chi connectivity index (χ3v) is 5.17. The number of aromatic nitrogens is 1. The fourth-order valence-electron chi connectivity index (χ4n) is 2.81. The lowest BCUT2D eigenvalue weighted by atomic mass is 10.1. The van der Waals surface area contributed by atoms with Gasteiger partial charge in [0.1, 0.15) is 0 Å². The van der Waals surface area contributed by atoms with E-state index in [1.165, 1.54) is 78.6 Å². The maximum Gasteiger partial charge on any atom is 0.0938 e. The zero-order valence-corrected chi connectivity index (χ0v) is 16.4. The third kappa shape index (κ3) is 7.23. The summed E-state index contributed by atoms with van der Waals surface area (Å²) in [5, 5.41) is 5.53. The van der Waals surface area contributed by atoms with Gasteiger partial charge in [0.05, 0.1) is 15.2 Å². The molecule has 0 aliphatic rings. The van der Waals surface area contributed by atoms with Gasteiger partial charge in [0.15, 0.2) is 0 Å². The lowest BCUT2D eigenvalue weighted by Crippen LogP contribution is -1.89. The topological polar surface area (TPSA) is 38.9 Å². The molecule has 2 rings (SSSR count). The number of nitrogens with two attached hydrogens (primary N) is 1. The van der Waals surface area contributed by atoms with Crippen LogP contribution in [0.3, 0.4) is 0 Å². The van der Waals surface area contributed by atoms with E-state index in [2.05, 4.69) is 50.0 Å². The van der Waals surface area contributed by atoms with Crippen molar-refractivity contribution in [1.29, 1.82) is 0 Å². The van der Waals surface area contributed by atoms with Crippen LogP contribution in [-0.4, -0.2) is 4.98 Å². The Kier molecular flexibility index (Phi) is 11.4. The molecule has 0 unspecified atom stereocenters. The zero-order valence-electron chi connectivity index (χ0n) is 14.7. The Hall–Kier alpha value is -0.580. The van der Waals surface area contributed by atoms with Gasteiger partial charge < -0.3 is 0 Å². The van der Waals surface area contributed by atoms with Crippen molar-refractivity contribution in [3.8, 4) is 0 Å². The predicted molar refractivity (Wildman–Crippen MR) is 108 cm³/mol. The average Bonchev–Trinajstić information content (AvgIpc) is 3.01. The van der Waals surface area contributed by atoms with Gasteiger partial charge in [-0.3, -0.25) is 5.14 Å². The highest BCUT2D eigenvalue weighted by molar-refractivity contribution is 7.77. The lowest BCUT2D eigenvalue weighted by Gasteiger charge is -2.02. The fourth-order valence-corrected chi connectivity index (χ4v) is 3.86. The Balaban J connectivity index is 0.00000127. The monoisotopic (exact) mass is 352 g/mol. The Morgan fingerprint density at radius 1 is 0.913 bits per heavy atom. The van der Waals surface area contributed by atoms with Gasteiger partial charge in [-0.25, -0.2) is 4.98 Å². The minimum atomic E-state index is 1.16. The zero-order chi connectivity index (χ0) is 16.9. The van der Waals surface area contributed by atoms with Crippen LogP contribution in [0.25, 0.3) is 10.2 Å². The van der Waals surface area contributed by atoms with Crippen molar-refractivity contribution in [1.82, 2.24) is 4.98 Å². The summed E-state index contributed by atoms with van der Waals surface area (Å²) in [7, 11) is 0. The van der Waals surface area contributed by atoms with Gasteiger partial charge in [-0.2, -0.15) is 0 Å². The first-order valence-corrected chi connectivity index (χ1v) is 10.3. The normalized spacial score (nSPS) is 10.6. The summed E-state index contributed by atoms with van der Waals surface area (Å²) in [6.07, 6.45) is 13.0. The number of hydrogen-bond donors (Lipinski definition) is 2. The molecule has 0 saturated carbocycles. The third-order valence-electron chi connectivity index (χ3n) is 4.09. The molecule has 23 heavy (non-hydrogen) atoms. The fraction of sp³-hybridized carbons (Fsp3) is 0.632. The molecule has 2 aromatic rings. The number of fused-ring (bicyclic) bond motifs is 1. The van der Waals surface area contributed by atoms with Gasteiger partial charge in [-0.15, -0.1) is 24.2 Å². The van der Waals surface area contributed by atoms with E-state index < -0.39 is 0 Å². The van der Waals surface area contributed by atoms with Crippen LogP contribution >= 0.6 is 24.2 Å². The Morgan fingerprint density at radius 3 is 2.22 bits per heavy atom. The van der Waals surface area contributed by atoms with Crippen molar-refractivity contribution in [3.05, 3.63) is 28.8 Å². The highest BCUT2D eigenvalue weighted by Crippen LogP contribution is 2.27. The van der Waals surface area contributed by atoms with E-state index in [1.54, 1.807) is 0 Å². The van der Waals surface area contributed by atoms with Crippen LogP contribution in [0.4, 0.5) is 0 Å². The molecule has 0 radical (unpaired) electrons. The molecule has 1 heterocycles. The average molecular weight is 353 g/mol. The summed E-state index contributed by atoms with van der Waals surface area (Å²) in [6, 6.07) is 6.71. The Labute approximate surface area is 151 Å². The number of unbranched alkanes of at least 4 members (excludes halogenated alkanes) is 6. The van der Waals surface area contributed by atoms with E-state index in [0.29, 0.717) is 0 Å². The molecule has 0 spiro atoms. The summed E-state index contributed by atoms with van der Waals surface area (Å²) < 4.78 is 1.38. The number of benzene rings is 1. The van der Waals surface area contributed by atoms with E-state index in [4.69, 9.17) is 4.98 Å². The number of nitrogens with zero attached hydrogens (tertiary/aromatic N) is 1. The minimum absolute atomic E-state index is 1.16. The molecule has 0 fully saturated rings. The number of hydrogen-bond acceptors (Lipinski definition) is 4. The first-order chi connectivity index (χ1) is 11.3. The van der Waals surface area contributed by atoms with E-state index in [9.17, 15) is 0 Å². The van der Waals surface area contributed by atoms with Crippen LogP contribution < -0.4 is 5.14 Å². The maximum absolute atomic E-state index is 4.93. The second kappa shape index (κ2) is 12.8. The van der Waals surface area contributed by atoms with Crippen molar-refractivity contribution in [3.63, 3.8) is 0 Å². The molecule has 0 amide bonds. The molecule has 2 nitrogen and oxygen atoms in total. The van der Waals surface area contributed by atoms with Crippen molar-refractivity contribution >= 4 is 34.4 Å². The van der Waals surface area contributed by atoms with Crippen molar-refractivity contribution < 1.29 is 0 Å². The molecule has 2 N–H and O–H groups in total. The Morgan fingerprint density at radius 2 is 1.57 bits per heavy atom. The van der Waals surface area contributed by atoms with Crippen LogP contribution in [0.15, 0.2) is 18.2 Å². The van der Waals surface area contributed by atoms with Gasteiger partial charge >= 0.3 is 0 Å². The van der Waals surface area contributed by atoms with Crippen LogP contribution in [0.5, 0.6) is 0 Å². The smallest absolute Gasteiger partial charge is 0.0938 e. The van der Waals surface area contributed by atoms with Crippen molar-refractivity contribution in [2.45, 2.75) is 78.1 Å². The highest BCUT2D eigenvalue weighted by Gasteiger charge is 2.07. The standard InChI is InChI=1S/C19H29NS.H3NS/c1-3-5-7-9-12-16-13-11-14-17-19(16)20-18(21-17)15-10-8-6-4-2;1-2/h11,13-14H,3-10,12,15H2,1-2H3;2H,1H2. The second-order valence-corrected chi connectivity index (χ2v) is 7.11. The van der Waals surface area contributed by atoms with E-state index in [0.717, 1.165) is 6.42 Å². The maximum atomic E-state index is 4.93. The number of rotatable bonds is 10. The van der Waals surface area contributed by atoms with Crippen molar-refractivity contribution in [2.75, 3.05) is 0 Å². The van der Waals surface area contributed by atoms with Crippen LogP contribution in [0.2, 0.25) is 0 Å². The van der Waals surface area contributed by atoms with Crippen LogP contribution in [-0.2, 0) is 12.8 Å².